The first-order chi connectivity index (χ1) is 41.9. The van der Waals surface area contributed by atoms with E-state index < -0.39 is 155 Å². The fourth-order valence-electron chi connectivity index (χ4n) is 10.2. The average Bonchev–Trinajstić information content (AvgIpc) is 1.70. The number of unbranched alkanes of at least 4 members (excludes halogenated alkanes) is 1. The quantitative estimate of drug-likeness (QED) is 0.0378. The predicted octanol–water partition coefficient (Wildman–Crippen LogP) is 4.04. The zero-order chi connectivity index (χ0) is 65.8. The molecule has 3 fully saturated rings. The molecular weight excluding hydrogens is 1200 g/mol. The number of fused-ring (bicyclic) bond motifs is 5. The molecule has 3 saturated heterocycles. The Balaban J connectivity index is 1.16. The molecule has 9 atom stereocenters. The number of anilines is 2. The largest absolute Gasteiger partial charge is 0.495 e. The Hall–Kier alpha value is -8.28. The lowest BCUT2D eigenvalue weighted by Crippen LogP contribution is -2.62. The Morgan fingerprint density at radius 2 is 1.63 bits per heavy atom. The van der Waals surface area contributed by atoms with Gasteiger partial charge in [-0.25, -0.2) is 28.0 Å². The molecular formula is C59H76ClF2N9O18. The number of hydrogen-bond donors (Lipinski definition) is 7. The second-order valence-electron chi connectivity index (χ2n) is 22.7. The lowest BCUT2D eigenvalue weighted by Gasteiger charge is -2.40. The molecule has 4 heterocycles. The molecule has 2 aromatic carbocycles. The number of epoxide rings is 1. The summed E-state index contributed by atoms with van der Waals surface area (Å²) in [7, 11) is 5.33. The number of imide groups is 1. The average molecular weight is 1270 g/mol. The van der Waals surface area contributed by atoms with Gasteiger partial charge >= 0.3 is 24.1 Å². The van der Waals surface area contributed by atoms with Crippen molar-refractivity contribution < 1.29 is 95.1 Å². The van der Waals surface area contributed by atoms with E-state index in [1.54, 1.807) is 51.1 Å². The highest BCUT2D eigenvalue weighted by Crippen LogP contribution is 2.47. The number of amides is 10. The molecule has 27 nitrogen and oxygen atoms in total. The molecule has 0 spiro atoms. The molecule has 0 radical (unpaired) electrons. The molecule has 30 heteroatoms. The standard InChI is InChI=1S/C59H76ClF2N9O18/c1-30(2)51(67-45(72)17-10-11-18-49(76)89-71-46(73)19-20-47(71)74)53(78)65-38(15-13-21-64-56(63)81)52(77)66-39-27-36(61)35(26-37(39)62)54(79)69(6)32(4)55(80)87-43-28-48(75)70(7)40-23-33(24-41(84-8)50(40)60)22-31(3)14-12-16-42(85-9)59(83)29-34(86-57(82)68-59)25-44-58(43,5)88-44/h12,14,16,23-24,26-27,30,32,34,38,42-44,51,83H,10-11,13,15,17-22,25,28-29H2,1-9H3,(H,65,78)(H,66,77)(H,67,72)(H,68,82)(H3,63,64,81)/b16-12+,31-14+/t32-,34+,38-,42+,43-,44-,51-,58-,59-/m0/s1. The molecule has 0 aliphatic carbocycles. The Labute approximate surface area is 516 Å². The van der Waals surface area contributed by atoms with E-state index in [0.29, 0.717) is 29.2 Å². The van der Waals surface area contributed by atoms with E-state index in [1.165, 1.54) is 33.1 Å². The molecule has 89 heavy (non-hydrogen) atoms. The monoisotopic (exact) mass is 1270 g/mol. The second kappa shape index (κ2) is 30.3. The van der Waals surface area contributed by atoms with Crippen LogP contribution in [-0.2, 0) is 68.6 Å². The lowest BCUT2D eigenvalue weighted by atomic mass is 9.90. The molecule has 4 aliphatic rings. The van der Waals surface area contributed by atoms with Crippen molar-refractivity contribution in [3.8, 4) is 5.75 Å². The van der Waals surface area contributed by atoms with Gasteiger partial charge in [-0.05, 0) is 82.6 Å². The van der Waals surface area contributed by atoms with Crippen molar-refractivity contribution in [3.63, 3.8) is 0 Å². The Bertz CT molecular complexity index is 3130. The Morgan fingerprint density at radius 3 is 2.28 bits per heavy atom. The summed E-state index contributed by atoms with van der Waals surface area (Å²) in [5, 5.41) is 24.4. The Morgan fingerprint density at radius 1 is 0.944 bits per heavy atom. The number of nitrogens with zero attached hydrogens (tertiary/aromatic N) is 3. The van der Waals surface area contributed by atoms with Gasteiger partial charge in [0, 0.05) is 72.3 Å². The zero-order valence-corrected chi connectivity index (χ0v) is 51.5. The highest BCUT2D eigenvalue weighted by molar-refractivity contribution is 6.35. The van der Waals surface area contributed by atoms with Crippen molar-refractivity contribution in [2.75, 3.05) is 45.1 Å². The van der Waals surface area contributed by atoms with Crippen molar-refractivity contribution in [2.45, 2.75) is 166 Å². The van der Waals surface area contributed by atoms with E-state index >= 15 is 8.78 Å². The first kappa shape index (κ1) is 69.8. The highest BCUT2D eigenvalue weighted by Gasteiger charge is 2.62. The summed E-state index contributed by atoms with van der Waals surface area (Å²) in [4.78, 5) is 150. The van der Waals surface area contributed by atoms with Crippen molar-refractivity contribution in [2.24, 2.45) is 11.7 Å². The number of rotatable bonds is 22. The van der Waals surface area contributed by atoms with Gasteiger partial charge in [-0.1, -0.05) is 49.2 Å². The minimum Gasteiger partial charge on any atom is -0.495 e. The predicted molar refractivity (Wildman–Crippen MR) is 312 cm³/mol. The van der Waals surface area contributed by atoms with Crippen molar-refractivity contribution >= 4 is 88.4 Å². The number of benzene rings is 2. The number of ether oxygens (including phenoxy) is 5. The number of aliphatic hydroxyl groups is 1. The molecule has 0 saturated carbocycles. The fourth-order valence-corrected chi connectivity index (χ4v) is 10.5. The van der Waals surface area contributed by atoms with Crippen LogP contribution in [0, 0.1) is 17.6 Å². The molecule has 10 amide bonds. The van der Waals surface area contributed by atoms with Crippen LogP contribution in [0.25, 0.3) is 0 Å². The number of halogens is 3. The first-order valence-electron chi connectivity index (χ1n) is 28.8. The second-order valence-corrected chi connectivity index (χ2v) is 23.1. The summed E-state index contributed by atoms with van der Waals surface area (Å²) in [6, 6.07) is -0.831. The van der Waals surface area contributed by atoms with E-state index in [0.717, 1.165) is 17.5 Å². The molecule has 4 aliphatic heterocycles. The maximum Gasteiger partial charge on any atom is 0.409 e. The van der Waals surface area contributed by atoms with Gasteiger partial charge in [-0.15, -0.1) is 5.06 Å². The number of esters is 1. The van der Waals surface area contributed by atoms with Crippen LogP contribution in [0.3, 0.4) is 0 Å². The number of primary amides is 1. The summed E-state index contributed by atoms with van der Waals surface area (Å²) < 4.78 is 61.1. The smallest absolute Gasteiger partial charge is 0.409 e. The van der Waals surface area contributed by atoms with Crippen LogP contribution in [0.2, 0.25) is 5.02 Å². The molecule has 8 N–H and O–H groups in total. The number of likely N-dealkylation sites (N-methyl/N-ethyl adjacent to an activating group) is 1. The number of carbonyl (C=O) groups excluding carboxylic acids is 11. The van der Waals surface area contributed by atoms with Gasteiger partial charge < -0.3 is 70.4 Å². The number of nitrogens with two attached hydrogens (primary N) is 1. The minimum absolute atomic E-state index is 0.0200. The number of hydroxylamine groups is 2. The van der Waals surface area contributed by atoms with Crippen LogP contribution in [-0.4, -0.2) is 169 Å². The van der Waals surface area contributed by atoms with E-state index in [9.17, 15) is 57.8 Å². The summed E-state index contributed by atoms with van der Waals surface area (Å²) in [5.41, 5.74) is 1.86. The summed E-state index contributed by atoms with van der Waals surface area (Å²) in [6.45, 7) is 7.76. The third-order valence-electron chi connectivity index (χ3n) is 15.6. The van der Waals surface area contributed by atoms with E-state index in [2.05, 4.69) is 26.6 Å². The molecule has 2 aromatic rings. The van der Waals surface area contributed by atoms with Gasteiger partial charge in [-0.2, -0.15) is 0 Å². The molecule has 486 valence electrons. The number of alkyl carbamates (subject to hydrolysis) is 1. The van der Waals surface area contributed by atoms with E-state index in [1.807, 2.05) is 6.92 Å². The van der Waals surface area contributed by atoms with Crippen molar-refractivity contribution in [3.05, 3.63) is 75.9 Å². The normalized spacial score (nSPS) is 23.9. The molecule has 0 unspecified atom stereocenters. The van der Waals surface area contributed by atoms with Crippen LogP contribution in [0.5, 0.6) is 5.75 Å². The number of nitrogens with one attached hydrogen (secondary N) is 5. The van der Waals surface area contributed by atoms with Gasteiger partial charge in [0.2, 0.25) is 23.6 Å². The molecule has 4 bridgehead atoms. The van der Waals surface area contributed by atoms with Gasteiger partial charge in [-0.3, -0.25) is 38.9 Å². The third-order valence-corrected chi connectivity index (χ3v) is 16.0. The van der Waals surface area contributed by atoms with Gasteiger partial charge in [0.05, 0.1) is 36.6 Å². The topological polar surface area (TPSA) is 363 Å². The maximum absolute atomic E-state index is 16.1. The number of hydrogen-bond acceptors (Lipinski definition) is 18. The highest BCUT2D eigenvalue weighted by atomic mass is 35.5. The molecule has 6 rings (SSSR count). The van der Waals surface area contributed by atoms with Crippen LogP contribution in [0.15, 0.2) is 48.1 Å². The minimum atomic E-state index is -1.96. The zero-order valence-electron chi connectivity index (χ0n) is 50.8. The molecule has 0 aromatic heterocycles. The summed E-state index contributed by atoms with van der Waals surface area (Å²) in [6.07, 6.45) is -1.23. The number of carbonyl (C=O) groups is 11. The van der Waals surface area contributed by atoms with Crippen LogP contribution < -0.4 is 42.0 Å². The van der Waals surface area contributed by atoms with Crippen molar-refractivity contribution in [1.29, 1.82) is 0 Å². The van der Waals surface area contributed by atoms with Crippen molar-refractivity contribution in [1.82, 2.24) is 31.2 Å². The number of methoxy groups -OCH3 is 2. The summed E-state index contributed by atoms with van der Waals surface area (Å²) >= 11 is 6.79. The van der Waals surface area contributed by atoms with Gasteiger partial charge in [0.15, 0.2) is 5.72 Å². The van der Waals surface area contributed by atoms with Crippen LogP contribution >= 0.6 is 11.6 Å². The SMILES string of the molecule is COc1cc2cc(c1Cl)N(C)C(=O)C[C@H](OC(=O)[C@H](C)N(C)C(=O)c1cc(F)c(NC(=O)[C@H](CCCNC(N)=O)NC(=O)[C@@H](NC(=O)CCCCC(=O)ON3C(=O)CCC3=O)C(C)C)cc1F)[C@]1(C)O[C@H]1C[C@@H]1C[C@@](O)(NC(=O)O1)[C@H](OC)/C=C/C=C(\C)C2. The fraction of sp³-hybridized carbons (Fsp3) is 0.542. The van der Waals surface area contributed by atoms with Gasteiger partial charge in [0.25, 0.3) is 17.7 Å². The van der Waals surface area contributed by atoms with Crippen LogP contribution in [0.1, 0.15) is 121 Å². The maximum atomic E-state index is 16.1. The number of urea groups is 1. The van der Waals surface area contributed by atoms with Gasteiger partial charge in [0.1, 0.15) is 64.4 Å². The summed E-state index contributed by atoms with van der Waals surface area (Å²) in [5.74, 6) is -10.7. The van der Waals surface area contributed by atoms with Crippen LogP contribution in [0.4, 0.5) is 29.7 Å². The van der Waals surface area contributed by atoms with E-state index in [4.69, 9.17) is 45.9 Å². The van der Waals surface area contributed by atoms with E-state index in [-0.39, 0.29) is 87.2 Å². The number of allylic oxidation sites excluding steroid dienone is 3. The Kier molecular flexibility index (Phi) is 23.8. The third kappa shape index (κ3) is 18.0. The lowest BCUT2D eigenvalue weighted by molar-refractivity contribution is -0.197. The first-order valence-corrected chi connectivity index (χ1v) is 29.1.